The van der Waals surface area contributed by atoms with Crippen molar-refractivity contribution in [2.75, 3.05) is 45.9 Å². The van der Waals surface area contributed by atoms with Gasteiger partial charge in [-0.2, -0.15) is 0 Å². The van der Waals surface area contributed by atoms with Gasteiger partial charge in [-0.25, -0.2) is 0 Å². The van der Waals surface area contributed by atoms with Gasteiger partial charge in [0.2, 0.25) is 0 Å². The van der Waals surface area contributed by atoms with E-state index in [2.05, 4.69) is 34.1 Å². The molecule has 0 spiro atoms. The summed E-state index contributed by atoms with van der Waals surface area (Å²) in [4.78, 5) is 5.02. The molecule has 2 N–H and O–H groups in total. The van der Waals surface area contributed by atoms with E-state index in [0.717, 1.165) is 18.9 Å². The van der Waals surface area contributed by atoms with Crippen LogP contribution in [0.15, 0.2) is 24.3 Å². The third kappa shape index (κ3) is 4.69. The van der Waals surface area contributed by atoms with Gasteiger partial charge in [0.25, 0.3) is 0 Å². The van der Waals surface area contributed by atoms with Crippen molar-refractivity contribution in [1.29, 1.82) is 0 Å². The maximum Gasteiger partial charge on any atom is 0.119 e. The van der Waals surface area contributed by atoms with Crippen molar-refractivity contribution in [3.05, 3.63) is 29.8 Å². The number of nitrogens with zero attached hydrogens (tertiary/aromatic N) is 2. The lowest BCUT2D eigenvalue weighted by Gasteiger charge is -2.27. The van der Waals surface area contributed by atoms with E-state index in [4.69, 9.17) is 10.5 Å². The van der Waals surface area contributed by atoms with Gasteiger partial charge in [0.1, 0.15) is 12.4 Å². The van der Waals surface area contributed by atoms with Crippen molar-refractivity contribution < 1.29 is 4.74 Å². The van der Waals surface area contributed by atoms with Gasteiger partial charge >= 0.3 is 0 Å². The van der Waals surface area contributed by atoms with E-state index < -0.39 is 0 Å². The molecular weight excluding hydrogens is 286 g/mol. The van der Waals surface area contributed by atoms with Crippen molar-refractivity contribution in [2.24, 2.45) is 5.73 Å². The van der Waals surface area contributed by atoms with Crippen molar-refractivity contribution in [3.63, 3.8) is 0 Å². The molecule has 0 saturated carbocycles. The van der Waals surface area contributed by atoms with E-state index in [0.29, 0.717) is 12.6 Å². The molecule has 1 aromatic rings. The number of benzene rings is 1. The molecular formula is C19H31N3O. The number of piperidine rings is 1. The van der Waals surface area contributed by atoms with Crippen LogP contribution in [0.4, 0.5) is 0 Å². The van der Waals surface area contributed by atoms with Crippen LogP contribution in [0, 0.1) is 0 Å². The summed E-state index contributed by atoms with van der Waals surface area (Å²) < 4.78 is 6.01. The molecule has 0 aromatic heterocycles. The van der Waals surface area contributed by atoms with E-state index >= 15 is 0 Å². The Morgan fingerprint density at radius 1 is 1.00 bits per heavy atom. The van der Waals surface area contributed by atoms with Crippen molar-refractivity contribution in [3.8, 4) is 5.75 Å². The zero-order valence-electron chi connectivity index (χ0n) is 14.3. The van der Waals surface area contributed by atoms with Gasteiger partial charge in [-0.05, 0) is 69.6 Å². The second-order valence-electron chi connectivity index (χ2n) is 6.82. The Morgan fingerprint density at radius 2 is 1.74 bits per heavy atom. The maximum absolute atomic E-state index is 6.04. The van der Waals surface area contributed by atoms with Crippen LogP contribution in [0.1, 0.15) is 43.7 Å². The normalized spacial score (nSPS) is 21.4. The predicted octanol–water partition coefficient (Wildman–Crippen LogP) is 2.65. The summed E-state index contributed by atoms with van der Waals surface area (Å²) in [7, 11) is 0. The highest BCUT2D eigenvalue weighted by Gasteiger charge is 2.22. The second kappa shape index (κ2) is 8.67. The molecule has 0 bridgehead atoms. The summed E-state index contributed by atoms with van der Waals surface area (Å²) in [5.41, 5.74) is 7.34. The quantitative estimate of drug-likeness (QED) is 0.839. The predicted molar refractivity (Wildman–Crippen MR) is 94.8 cm³/mol. The largest absolute Gasteiger partial charge is 0.492 e. The first-order chi connectivity index (χ1) is 11.4. The first kappa shape index (κ1) is 16.7. The van der Waals surface area contributed by atoms with Crippen LogP contribution >= 0.6 is 0 Å². The molecule has 3 rings (SSSR count). The molecule has 0 aliphatic carbocycles. The lowest BCUT2D eigenvalue weighted by molar-refractivity contribution is 0.183. The van der Waals surface area contributed by atoms with Crippen molar-refractivity contribution in [1.82, 2.24) is 9.80 Å². The smallest absolute Gasteiger partial charge is 0.119 e. The zero-order chi connectivity index (χ0) is 15.9. The van der Waals surface area contributed by atoms with Crippen molar-refractivity contribution in [2.45, 2.75) is 38.1 Å². The fourth-order valence-corrected chi connectivity index (χ4v) is 3.84. The highest BCUT2D eigenvalue weighted by Crippen LogP contribution is 2.26. The third-order valence-corrected chi connectivity index (χ3v) is 5.17. The van der Waals surface area contributed by atoms with Gasteiger partial charge in [-0.1, -0.05) is 18.6 Å². The fraction of sp³-hybridized carbons (Fsp3) is 0.684. The molecule has 4 heteroatoms. The summed E-state index contributed by atoms with van der Waals surface area (Å²) in [6, 6.07) is 8.88. The van der Waals surface area contributed by atoms with Gasteiger partial charge in [-0.3, -0.25) is 9.80 Å². The number of rotatable bonds is 7. The molecule has 1 atom stereocenters. The first-order valence-corrected chi connectivity index (χ1v) is 9.26. The van der Waals surface area contributed by atoms with Crippen LogP contribution < -0.4 is 10.5 Å². The summed E-state index contributed by atoms with van der Waals surface area (Å²) in [5, 5.41) is 0. The molecule has 2 saturated heterocycles. The fourth-order valence-electron chi connectivity index (χ4n) is 3.84. The first-order valence-electron chi connectivity index (χ1n) is 9.26. The van der Waals surface area contributed by atoms with Gasteiger partial charge in [0.05, 0.1) is 0 Å². The highest BCUT2D eigenvalue weighted by molar-refractivity contribution is 5.31. The molecule has 0 amide bonds. The number of ether oxygens (including phenoxy) is 1. The Balaban J connectivity index is 1.53. The standard InChI is InChI=1S/C19H31N3O/c20-16-19(22-11-4-5-12-22)17-7-6-8-18(15-17)23-14-13-21-9-2-1-3-10-21/h6-8,15,19H,1-5,9-14,16,20H2. The van der Waals surface area contributed by atoms with Crippen LogP contribution in [0.2, 0.25) is 0 Å². The Morgan fingerprint density at radius 3 is 2.48 bits per heavy atom. The molecule has 128 valence electrons. The minimum atomic E-state index is 0.336. The summed E-state index contributed by atoms with van der Waals surface area (Å²) in [6.07, 6.45) is 6.65. The summed E-state index contributed by atoms with van der Waals surface area (Å²) in [6.45, 7) is 7.29. The molecule has 1 unspecified atom stereocenters. The van der Waals surface area contributed by atoms with Crippen LogP contribution in [-0.2, 0) is 0 Å². The highest BCUT2D eigenvalue weighted by atomic mass is 16.5. The molecule has 0 radical (unpaired) electrons. The van der Waals surface area contributed by atoms with E-state index in [1.165, 1.54) is 63.8 Å². The molecule has 2 fully saturated rings. The molecule has 2 aliphatic rings. The average Bonchev–Trinajstić information content (AvgIpc) is 3.11. The van der Waals surface area contributed by atoms with E-state index in [-0.39, 0.29) is 0 Å². The minimum absolute atomic E-state index is 0.336. The van der Waals surface area contributed by atoms with Gasteiger partial charge in [0.15, 0.2) is 0 Å². The van der Waals surface area contributed by atoms with Gasteiger partial charge in [0, 0.05) is 19.1 Å². The number of hydrogen-bond acceptors (Lipinski definition) is 4. The second-order valence-corrected chi connectivity index (χ2v) is 6.82. The molecule has 2 aliphatic heterocycles. The van der Waals surface area contributed by atoms with E-state index in [1.54, 1.807) is 0 Å². The molecule has 23 heavy (non-hydrogen) atoms. The van der Waals surface area contributed by atoms with E-state index in [9.17, 15) is 0 Å². The topological polar surface area (TPSA) is 41.7 Å². The number of hydrogen-bond donors (Lipinski definition) is 1. The molecule has 4 nitrogen and oxygen atoms in total. The lowest BCUT2D eigenvalue weighted by Crippen LogP contribution is -2.33. The zero-order valence-corrected chi connectivity index (χ0v) is 14.3. The average molecular weight is 317 g/mol. The molecule has 2 heterocycles. The Labute approximate surface area is 140 Å². The monoisotopic (exact) mass is 317 g/mol. The third-order valence-electron chi connectivity index (χ3n) is 5.17. The lowest BCUT2D eigenvalue weighted by atomic mass is 10.1. The van der Waals surface area contributed by atoms with Crippen LogP contribution in [0.25, 0.3) is 0 Å². The SMILES string of the molecule is NCC(c1cccc(OCCN2CCCCC2)c1)N1CCCC1. The van der Waals surface area contributed by atoms with Crippen molar-refractivity contribution >= 4 is 0 Å². The van der Waals surface area contributed by atoms with Gasteiger partial charge < -0.3 is 10.5 Å². The summed E-state index contributed by atoms with van der Waals surface area (Å²) >= 11 is 0. The Hall–Kier alpha value is -1.10. The van der Waals surface area contributed by atoms with Crippen LogP contribution in [0.3, 0.4) is 0 Å². The number of likely N-dealkylation sites (tertiary alicyclic amines) is 2. The Bertz CT molecular complexity index is 467. The number of nitrogens with two attached hydrogens (primary N) is 1. The van der Waals surface area contributed by atoms with Crippen LogP contribution in [-0.4, -0.2) is 55.7 Å². The van der Waals surface area contributed by atoms with E-state index in [1.807, 2.05) is 0 Å². The minimum Gasteiger partial charge on any atom is -0.492 e. The Kier molecular flexibility index (Phi) is 6.31. The maximum atomic E-state index is 6.04. The molecule has 1 aromatic carbocycles. The van der Waals surface area contributed by atoms with Gasteiger partial charge in [-0.15, -0.1) is 0 Å². The van der Waals surface area contributed by atoms with Crippen LogP contribution in [0.5, 0.6) is 5.75 Å². The summed E-state index contributed by atoms with van der Waals surface area (Å²) in [5.74, 6) is 0.983.